The lowest BCUT2D eigenvalue weighted by molar-refractivity contribution is 0.282. The fourth-order valence-corrected chi connectivity index (χ4v) is 3.24. The molecule has 1 aromatic carbocycles. The molecule has 0 aliphatic carbocycles. The lowest BCUT2D eigenvalue weighted by Crippen LogP contribution is -2.17. The van der Waals surface area contributed by atoms with Gasteiger partial charge in [0.15, 0.2) is 9.84 Å². The van der Waals surface area contributed by atoms with Gasteiger partial charge in [-0.25, -0.2) is 8.42 Å². The van der Waals surface area contributed by atoms with Crippen LogP contribution < -0.4 is 5.32 Å². The van der Waals surface area contributed by atoms with Gasteiger partial charge in [-0.2, -0.15) is 0 Å². The van der Waals surface area contributed by atoms with E-state index in [-0.39, 0.29) is 11.5 Å². The standard InChI is InChI=1S/C14H22ClNO3S/c1-20(18,19)14-8-6-7-13(15)12(14)11-16-9-4-2-3-5-10-17/h6-8,16-17H,2-5,9-11H2,1H3. The zero-order valence-electron chi connectivity index (χ0n) is 11.7. The summed E-state index contributed by atoms with van der Waals surface area (Å²) in [6, 6.07) is 4.94. The molecule has 1 rings (SSSR count). The second kappa shape index (κ2) is 8.62. The summed E-state index contributed by atoms with van der Waals surface area (Å²) in [5.74, 6) is 0. The first kappa shape index (κ1) is 17.4. The highest BCUT2D eigenvalue weighted by Crippen LogP contribution is 2.23. The molecule has 0 aliphatic heterocycles. The van der Waals surface area contributed by atoms with Crippen molar-refractivity contribution in [2.75, 3.05) is 19.4 Å². The summed E-state index contributed by atoms with van der Waals surface area (Å²) in [7, 11) is -3.26. The topological polar surface area (TPSA) is 66.4 Å². The van der Waals surface area contributed by atoms with Gasteiger partial charge in [0.1, 0.15) is 0 Å². The Hall–Kier alpha value is -0.620. The van der Waals surface area contributed by atoms with Gasteiger partial charge in [0, 0.05) is 30.0 Å². The van der Waals surface area contributed by atoms with Crippen LogP contribution in [0.25, 0.3) is 0 Å². The highest BCUT2D eigenvalue weighted by Gasteiger charge is 2.15. The average molecular weight is 320 g/mol. The number of rotatable bonds is 9. The summed E-state index contributed by atoms with van der Waals surface area (Å²) in [6.45, 7) is 1.49. The summed E-state index contributed by atoms with van der Waals surface area (Å²) in [5, 5.41) is 12.4. The molecule has 0 bridgehead atoms. The maximum Gasteiger partial charge on any atom is 0.175 e. The van der Waals surface area contributed by atoms with Gasteiger partial charge in [-0.1, -0.05) is 30.5 Å². The fraction of sp³-hybridized carbons (Fsp3) is 0.571. The summed E-state index contributed by atoms with van der Waals surface area (Å²) in [5.41, 5.74) is 0.632. The number of hydrogen-bond acceptors (Lipinski definition) is 4. The Morgan fingerprint density at radius 2 is 1.90 bits per heavy atom. The van der Waals surface area contributed by atoms with Crippen LogP contribution in [-0.2, 0) is 16.4 Å². The van der Waals surface area contributed by atoms with Gasteiger partial charge >= 0.3 is 0 Å². The van der Waals surface area contributed by atoms with Crippen LogP contribution in [0, 0.1) is 0 Å². The predicted octanol–water partition coefficient (Wildman–Crippen LogP) is 2.39. The second-order valence-electron chi connectivity index (χ2n) is 4.80. The molecule has 0 amide bonds. The van der Waals surface area contributed by atoms with Crippen LogP contribution in [0.1, 0.15) is 31.2 Å². The van der Waals surface area contributed by atoms with Crippen LogP contribution in [0.2, 0.25) is 5.02 Å². The largest absolute Gasteiger partial charge is 0.396 e. The monoisotopic (exact) mass is 319 g/mol. The van der Waals surface area contributed by atoms with Gasteiger partial charge in [-0.15, -0.1) is 0 Å². The van der Waals surface area contributed by atoms with Crippen LogP contribution in [-0.4, -0.2) is 32.9 Å². The minimum atomic E-state index is -3.26. The first-order valence-electron chi connectivity index (χ1n) is 6.76. The van der Waals surface area contributed by atoms with Gasteiger partial charge in [0.2, 0.25) is 0 Å². The van der Waals surface area contributed by atoms with E-state index in [1.54, 1.807) is 18.2 Å². The number of halogens is 1. The number of hydrogen-bond donors (Lipinski definition) is 2. The van der Waals surface area contributed by atoms with Crippen LogP contribution in [0.3, 0.4) is 0 Å². The van der Waals surface area contributed by atoms with E-state index < -0.39 is 9.84 Å². The highest BCUT2D eigenvalue weighted by atomic mass is 35.5. The number of aliphatic hydroxyl groups is 1. The van der Waals surface area contributed by atoms with E-state index in [0.717, 1.165) is 32.2 Å². The summed E-state index contributed by atoms with van der Waals surface area (Å²) >= 11 is 6.08. The van der Waals surface area contributed by atoms with Crippen molar-refractivity contribution in [1.29, 1.82) is 0 Å². The number of aliphatic hydroxyl groups excluding tert-OH is 1. The minimum absolute atomic E-state index is 0.241. The second-order valence-corrected chi connectivity index (χ2v) is 7.19. The third kappa shape index (κ3) is 5.79. The molecule has 114 valence electrons. The number of nitrogens with one attached hydrogen (secondary N) is 1. The van der Waals surface area contributed by atoms with Gasteiger partial charge in [0.05, 0.1) is 4.90 Å². The zero-order chi connectivity index (χ0) is 15.0. The third-order valence-electron chi connectivity index (χ3n) is 3.04. The molecule has 20 heavy (non-hydrogen) atoms. The molecule has 0 saturated carbocycles. The SMILES string of the molecule is CS(=O)(=O)c1cccc(Cl)c1CNCCCCCCO. The van der Waals surface area contributed by atoms with Gasteiger partial charge in [-0.05, 0) is 31.5 Å². The first-order valence-corrected chi connectivity index (χ1v) is 9.02. The van der Waals surface area contributed by atoms with E-state index in [0.29, 0.717) is 17.1 Å². The van der Waals surface area contributed by atoms with Gasteiger partial charge in [-0.3, -0.25) is 0 Å². The Balaban J connectivity index is 2.52. The lowest BCUT2D eigenvalue weighted by atomic mass is 10.2. The molecular weight excluding hydrogens is 298 g/mol. The van der Waals surface area contributed by atoms with E-state index in [9.17, 15) is 8.42 Å². The van der Waals surface area contributed by atoms with Crippen LogP contribution >= 0.6 is 11.6 Å². The lowest BCUT2D eigenvalue weighted by Gasteiger charge is -2.11. The summed E-state index contributed by atoms with van der Waals surface area (Å²) in [4.78, 5) is 0.290. The van der Waals surface area contributed by atoms with Crippen LogP contribution in [0.5, 0.6) is 0 Å². The Labute approximate surface area is 126 Å². The molecule has 6 heteroatoms. The highest BCUT2D eigenvalue weighted by molar-refractivity contribution is 7.90. The normalized spacial score (nSPS) is 11.8. The van der Waals surface area contributed by atoms with Gasteiger partial charge < -0.3 is 10.4 Å². The molecule has 1 aromatic rings. The molecule has 0 unspecified atom stereocenters. The minimum Gasteiger partial charge on any atom is -0.396 e. The summed E-state index contributed by atoms with van der Waals surface area (Å²) < 4.78 is 23.4. The predicted molar refractivity (Wildman–Crippen MR) is 81.8 cm³/mol. The smallest absolute Gasteiger partial charge is 0.175 e. The number of sulfone groups is 1. The van der Waals surface area contributed by atoms with Crippen molar-refractivity contribution in [2.24, 2.45) is 0 Å². The Kier molecular flexibility index (Phi) is 7.51. The summed E-state index contributed by atoms with van der Waals surface area (Å²) in [6.07, 6.45) is 5.09. The molecule has 0 atom stereocenters. The van der Waals surface area contributed by atoms with Crippen molar-refractivity contribution in [3.8, 4) is 0 Å². The van der Waals surface area contributed by atoms with Crippen molar-refractivity contribution in [3.63, 3.8) is 0 Å². The quantitative estimate of drug-likeness (QED) is 0.686. The van der Waals surface area contributed by atoms with E-state index in [2.05, 4.69) is 5.32 Å². The molecule has 0 heterocycles. The Morgan fingerprint density at radius 1 is 1.20 bits per heavy atom. The van der Waals surface area contributed by atoms with Crippen molar-refractivity contribution in [1.82, 2.24) is 5.32 Å². The van der Waals surface area contributed by atoms with Crippen molar-refractivity contribution < 1.29 is 13.5 Å². The zero-order valence-corrected chi connectivity index (χ0v) is 13.3. The van der Waals surface area contributed by atoms with E-state index in [1.807, 2.05) is 0 Å². The Bertz CT molecular complexity index is 517. The number of benzene rings is 1. The van der Waals surface area contributed by atoms with E-state index >= 15 is 0 Å². The van der Waals surface area contributed by atoms with Crippen LogP contribution in [0.15, 0.2) is 23.1 Å². The molecule has 0 saturated heterocycles. The molecule has 0 fully saturated rings. The van der Waals surface area contributed by atoms with Crippen LogP contribution in [0.4, 0.5) is 0 Å². The average Bonchev–Trinajstić information content (AvgIpc) is 2.38. The molecule has 0 spiro atoms. The van der Waals surface area contributed by atoms with Crippen molar-refractivity contribution in [2.45, 2.75) is 37.1 Å². The first-order chi connectivity index (χ1) is 9.46. The maximum atomic E-state index is 11.7. The molecule has 4 nitrogen and oxygen atoms in total. The molecule has 0 aromatic heterocycles. The fourth-order valence-electron chi connectivity index (χ4n) is 1.99. The molecule has 2 N–H and O–H groups in total. The molecular formula is C14H22ClNO3S. The molecule has 0 aliphatic rings. The van der Waals surface area contributed by atoms with E-state index in [1.165, 1.54) is 6.26 Å². The Morgan fingerprint density at radius 3 is 2.55 bits per heavy atom. The van der Waals surface area contributed by atoms with Crippen molar-refractivity contribution >= 4 is 21.4 Å². The third-order valence-corrected chi connectivity index (χ3v) is 4.57. The molecule has 0 radical (unpaired) electrons. The maximum absolute atomic E-state index is 11.7. The van der Waals surface area contributed by atoms with Crippen molar-refractivity contribution in [3.05, 3.63) is 28.8 Å². The van der Waals surface area contributed by atoms with E-state index in [4.69, 9.17) is 16.7 Å². The van der Waals surface area contributed by atoms with Gasteiger partial charge in [0.25, 0.3) is 0 Å². The number of unbranched alkanes of at least 4 members (excludes halogenated alkanes) is 3.